The zero-order valence-electron chi connectivity index (χ0n) is 15.2. The molecule has 0 bridgehead atoms. The van der Waals surface area contributed by atoms with Crippen LogP contribution in [0.15, 0.2) is 4.99 Å². The van der Waals surface area contributed by atoms with E-state index in [1.54, 1.807) is 0 Å². The van der Waals surface area contributed by atoms with Crippen molar-refractivity contribution in [2.75, 3.05) is 63.1 Å². The number of nitrogens with zero attached hydrogens (tertiary/aromatic N) is 3. The molecular formula is C16H32N4O2S2. The first-order valence-electron chi connectivity index (χ1n) is 8.99. The van der Waals surface area contributed by atoms with Crippen molar-refractivity contribution in [3.05, 3.63) is 0 Å². The molecule has 140 valence electrons. The zero-order chi connectivity index (χ0) is 17.6. The van der Waals surface area contributed by atoms with Crippen LogP contribution in [0, 0.1) is 5.92 Å². The van der Waals surface area contributed by atoms with Crippen molar-refractivity contribution in [1.82, 2.24) is 15.1 Å². The lowest BCUT2D eigenvalue weighted by molar-refractivity contribution is 0.303. The first-order valence-corrected chi connectivity index (χ1v) is 11.9. The summed E-state index contributed by atoms with van der Waals surface area (Å²) in [6.07, 6.45) is 0. The predicted octanol–water partition coefficient (Wildman–Crippen LogP) is 0.756. The molecule has 2 heterocycles. The highest BCUT2D eigenvalue weighted by molar-refractivity contribution is 8.00. The second-order valence-electron chi connectivity index (χ2n) is 6.83. The molecule has 2 aliphatic heterocycles. The Morgan fingerprint density at radius 3 is 2.62 bits per heavy atom. The molecule has 1 atom stereocenters. The van der Waals surface area contributed by atoms with Crippen molar-refractivity contribution in [3.63, 3.8) is 0 Å². The van der Waals surface area contributed by atoms with E-state index in [9.17, 15) is 8.42 Å². The maximum Gasteiger partial charge on any atom is 0.194 e. The molecule has 2 fully saturated rings. The fraction of sp³-hybridized carbons (Fsp3) is 0.938. The summed E-state index contributed by atoms with van der Waals surface area (Å²) < 4.78 is 23.0. The fourth-order valence-corrected chi connectivity index (χ4v) is 5.54. The van der Waals surface area contributed by atoms with Crippen LogP contribution in [0.2, 0.25) is 0 Å². The lowest BCUT2D eigenvalue weighted by Gasteiger charge is -2.36. The molecule has 0 aromatic carbocycles. The van der Waals surface area contributed by atoms with E-state index in [1.807, 2.05) is 0 Å². The van der Waals surface area contributed by atoms with E-state index in [2.05, 4.69) is 47.6 Å². The lowest BCUT2D eigenvalue weighted by Crippen LogP contribution is -2.49. The fourth-order valence-electron chi connectivity index (χ4n) is 2.97. The van der Waals surface area contributed by atoms with Crippen LogP contribution in [0.1, 0.15) is 20.8 Å². The van der Waals surface area contributed by atoms with E-state index in [4.69, 9.17) is 4.99 Å². The number of hydrogen-bond donors (Lipinski definition) is 1. The summed E-state index contributed by atoms with van der Waals surface area (Å²) in [5, 5.41) is 4.08. The smallest absolute Gasteiger partial charge is 0.194 e. The number of sulfone groups is 1. The van der Waals surface area contributed by atoms with Crippen molar-refractivity contribution in [1.29, 1.82) is 0 Å². The number of aliphatic imine (C=N–C) groups is 1. The third-order valence-electron chi connectivity index (χ3n) is 4.59. The average Bonchev–Trinajstić information content (AvgIpc) is 2.55. The highest BCUT2D eigenvalue weighted by Gasteiger charge is 2.25. The zero-order valence-corrected chi connectivity index (χ0v) is 16.8. The SMILES string of the molecule is CCNC(=NCCN1CCS(=O)(=O)CC1)N1CCSC(C(C)C)C1. The average molecular weight is 377 g/mol. The van der Waals surface area contributed by atoms with Gasteiger partial charge in [0.15, 0.2) is 15.8 Å². The highest BCUT2D eigenvalue weighted by Crippen LogP contribution is 2.24. The Morgan fingerprint density at radius 2 is 2.00 bits per heavy atom. The van der Waals surface area contributed by atoms with Gasteiger partial charge in [0.1, 0.15) is 0 Å². The Bertz CT molecular complexity index is 508. The molecule has 24 heavy (non-hydrogen) atoms. The van der Waals surface area contributed by atoms with Gasteiger partial charge in [-0.1, -0.05) is 13.8 Å². The summed E-state index contributed by atoms with van der Waals surface area (Å²) in [7, 11) is -2.80. The summed E-state index contributed by atoms with van der Waals surface area (Å²) in [6, 6.07) is 0. The standard InChI is InChI=1S/C16H32N4O2S2/c1-4-17-16(20-7-10-23-15(13-20)14(2)3)18-5-6-19-8-11-24(21,22)12-9-19/h14-15H,4-13H2,1-3H3,(H,17,18). The van der Waals surface area contributed by atoms with Crippen LogP contribution in [0.5, 0.6) is 0 Å². The van der Waals surface area contributed by atoms with Gasteiger partial charge in [0.25, 0.3) is 0 Å². The number of thioether (sulfide) groups is 1. The van der Waals surface area contributed by atoms with Crippen LogP contribution in [-0.2, 0) is 9.84 Å². The second kappa shape index (κ2) is 9.29. The summed E-state index contributed by atoms with van der Waals surface area (Å²) in [6.45, 7) is 12.5. The van der Waals surface area contributed by atoms with Gasteiger partial charge in [-0.25, -0.2) is 8.42 Å². The van der Waals surface area contributed by atoms with E-state index in [0.29, 0.717) is 24.3 Å². The van der Waals surface area contributed by atoms with Gasteiger partial charge in [0.2, 0.25) is 0 Å². The lowest BCUT2D eigenvalue weighted by atomic mass is 10.1. The van der Waals surface area contributed by atoms with Crippen molar-refractivity contribution < 1.29 is 8.42 Å². The van der Waals surface area contributed by atoms with Gasteiger partial charge in [-0.3, -0.25) is 9.89 Å². The minimum Gasteiger partial charge on any atom is -0.357 e. The van der Waals surface area contributed by atoms with Gasteiger partial charge in [-0.2, -0.15) is 11.8 Å². The summed E-state index contributed by atoms with van der Waals surface area (Å²) >= 11 is 2.07. The van der Waals surface area contributed by atoms with Gasteiger partial charge < -0.3 is 10.2 Å². The second-order valence-corrected chi connectivity index (χ2v) is 10.5. The number of rotatable bonds is 5. The number of guanidine groups is 1. The Labute approximate surface area is 151 Å². The molecule has 1 unspecified atom stereocenters. The van der Waals surface area contributed by atoms with Crippen molar-refractivity contribution >= 4 is 27.6 Å². The highest BCUT2D eigenvalue weighted by atomic mass is 32.2. The molecular weight excluding hydrogens is 344 g/mol. The normalized spacial score (nSPS) is 25.9. The quantitative estimate of drug-likeness (QED) is 0.564. The monoisotopic (exact) mass is 376 g/mol. The Balaban J connectivity index is 1.86. The van der Waals surface area contributed by atoms with Crippen LogP contribution in [0.3, 0.4) is 0 Å². The molecule has 0 aliphatic carbocycles. The molecule has 2 aliphatic rings. The molecule has 2 rings (SSSR count). The van der Waals surface area contributed by atoms with Gasteiger partial charge in [0.05, 0.1) is 18.1 Å². The summed E-state index contributed by atoms with van der Waals surface area (Å²) in [5.41, 5.74) is 0. The summed E-state index contributed by atoms with van der Waals surface area (Å²) in [4.78, 5) is 9.38. The van der Waals surface area contributed by atoms with Crippen LogP contribution in [0.4, 0.5) is 0 Å². The topological polar surface area (TPSA) is 65.0 Å². The minimum absolute atomic E-state index is 0.288. The molecule has 6 nitrogen and oxygen atoms in total. The van der Waals surface area contributed by atoms with Crippen LogP contribution < -0.4 is 5.32 Å². The first-order chi connectivity index (χ1) is 11.4. The number of nitrogens with one attached hydrogen (secondary N) is 1. The predicted molar refractivity (Wildman–Crippen MR) is 104 cm³/mol. The van der Waals surface area contributed by atoms with E-state index in [0.717, 1.165) is 44.4 Å². The van der Waals surface area contributed by atoms with Crippen LogP contribution in [0.25, 0.3) is 0 Å². The van der Waals surface area contributed by atoms with Gasteiger partial charge in [-0.15, -0.1) is 0 Å². The molecule has 0 spiro atoms. The third-order valence-corrected chi connectivity index (χ3v) is 7.74. The molecule has 0 aromatic heterocycles. The first kappa shape index (κ1) is 19.8. The molecule has 0 saturated carbocycles. The van der Waals surface area contributed by atoms with E-state index in [-0.39, 0.29) is 11.5 Å². The molecule has 0 aromatic rings. The van der Waals surface area contributed by atoms with Crippen molar-refractivity contribution in [2.24, 2.45) is 10.9 Å². The Hall–Kier alpha value is -0.470. The maximum absolute atomic E-state index is 11.5. The third kappa shape index (κ3) is 6.11. The number of hydrogen-bond acceptors (Lipinski definition) is 5. The minimum atomic E-state index is -2.80. The van der Waals surface area contributed by atoms with Gasteiger partial charge >= 0.3 is 0 Å². The molecule has 2 saturated heterocycles. The van der Waals surface area contributed by atoms with E-state index >= 15 is 0 Å². The molecule has 1 N–H and O–H groups in total. The summed E-state index contributed by atoms with van der Waals surface area (Å²) in [5.74, 6) is 3.41. The molecule has 0 amide bonds. The maximum atomic E-state index is 11.5. The Morgan fingerprint density at radius 1 is 1.29 bits per heavy atom. The van der Waals surface area contributed by atoms with Gasteiger partial charge in [0, 0.05) is 50.3 Å². The molecule has 8 heteroatoms. The van der Waals surface area contributed by atoms with Crippen LogP contribution in [-0.4, -0.2) is 92.5 Å². The van der Waals surface area contributed by atoms with E-state index < -0.39 is 9.84 Å². The Kier molecular flexibility index (Phi) is 7.68. The van der Waals surface area contributed by atoms with Crippen molar-refractivity contribution in [2.45, 2.75) is 26.0 Å². The van der Waals surface area contributed by atoms with Crippen LogP contribution >= 0.6 is 11.8 Å². The van der Waals surface area contributed by atoms with Crippen molar-refractivity contribution in [3.8, 4) is 0 Å². The molecule has 0 radical (unpaired) electrons. The van der Waals surface area contributed by atoms with E-state index in [1.165, 1.54) is 0 Å². The van der Waals surface area contributed by atoms with Gasteiger partial charge in [-0.05, 0) is 12.8 Å². The largest absolute Gasteiger partial charge is 0.357 e.